The second-order valence-electron chi connectivity index (χ2n) is 9.07. The average Bonchev–Trinajstić information content (AvgIpc) is 3.67. The van der Waals surface area contributed by atoms with Crippen LogP contribution in [0.1, 0.15) is 35.6 Å². The van der Waals surface area contributed by atoms with Gasteiger partial charge in [0.1, 0.15) is 49.0 Å². The van der Waals surface area contributed by atoms with Crippen LogP contribution in [0.25, 0.3) is 0 Å². The summed E-state index contributed by atoms with van der Waals surface area (Å²) in [4.78, 5) is 0. The molecule has 34 heavy (non-hydrogen) atoms. The van der Waals surface area contributed by atoms with E-state index in [0.29, 0.717) is 35.3 Å². The first kappa shape index (κ1) is 25.3. The maximum absolute atomic E-state index is 10.4. The van der Waals surface area contributed by atoms with Crippen molar-refractivity contribution in [2.75, 3.05) is 19.8 Å². The van der Waals surface area contributed by atoms with Crippen molar-refractivity contribution in [3.63, 3.8) is 0 Å². The summed E-state index contributed by atoms with van der Waals surface area (Å²) < 4.78 is 11.3. The maximum Gasteiger partial charge on any atom is 0.119 e. The Bertz CT molecular complexity index is 937. The van der Waals surface area contributed by atoms with Crippen molar-refractivity contribution in [2.24, 2.45) is 0 Å². The maximum atomic E-state index is 10.4. The summed E-state index contributed by atoms with van der Waals surface area (Å²) >= 11 is 6.41. The van der Waals surface area contributed by atoms with Gasteiger partial charge < -0.3 is 40.3 Å². The molecule has 8 nitrogen and oxygen atoms in total. The number of aliphatic hydroxyl groups is 5. The smallest absolute Gasteiger partial charge is 0.119 e. The van der Waals surface area contributed by atoms with E-state index >= 15 is 0 Å². The molecule has 9 heteroatoms. The number of ether oxygens (including phenoxy) is 2. The lowest BCUT2D eigenvalue weighted by Gasteiger charge is -2.40. The zero-order valence-electron chi connectivity index (χ0n) is 18.8. The number of hydrogen-bond acceptors (Lipinski definition) is 8. The summed E-state index contributed by atoms with van der Waals surface area (Å²) in [5, 5.41) is 53.8. The standard InChI is InChI=1S/C25H32ClNO7/c26-20-8-3-15(25-24(32)23(31)22(30)21(12-28)34-25)10-16(20)9-14-1-6-19(7-2-14)33-13-18(29)11-27-17-4-5-17/h1-3,6-8,10,17-18,21-25,27-32H,4-5,9,11-13H2/t18-,21-,22-,23+,24-,25+/m1/s1. The lowest BCUT2D eigenvalue weighted by atomic mass is 9.90. The molecule has 2 aliphatic rings. The molecule has 1 aliphatic carbocycles. The second kappa shape index (κ2) is 11.3. The van der Waals surface area contributed by atoms with Crippen molar-refractivity contribution in [2.45, 2.75) is 61.9 Å². The quantitative estimate of drug-likeness (QED) is 0.288. The van der Waals surface area contributed by atoms with Crippen molar-refractivity contribution < 1.29 is 35.0 Å². The van der Waals surface area contributed by atoms with E-state index in [1.54, 1.807) is 18.2 Å². The Morgan fingerprint density at radius 3 is 2.44 bits per heavy atom. The summed E-state index contributed by atoms with van der Waals surface area (Å²) in [6, 6.07) is 13.2. The number of nitrogens with one attached hydrogen (secondary N) is 1. The molecular formula is C25H32ClNO7. The predicted molar refractivity (Wildman–Crippen MR) is 126 cm³/mol. The van der Waals surface area contributed by atoms with Gasteiger partial charge >= 0.3 is 0 Å². The van der Waals surface area contributed by atoms with Crippen LogP contribution in [0.2, 0.25) is 5.02 Å². The van der Waals surface area contributed by atoms with E-state index in [4.69, 9.17) is 21.1 Å². The third-order valence-electron chi connectivity index (χ3n) is 6.27. The van der Waals surface area contributed by atoms with Crippen LogP contribution in [0.3, 0.4) is 0 Å². The molecule has 0 spiro atoms. The molecule has 0 bridgehead atoms. The van der Waals surface area contributed by atoms with Crippen LogP contribution in [-0.2, 0) is 11.2 Å². The van der Waals surface area contributed by atoms with Gasteiger partial charge in [0.15, 0.2) is 0 Å². The fourth-order valence-electron chi connectivity index (χ4n) is 4.05. The van der Waals surface area contributed by atoms with Gasteiger partial charge in [0.05, 0.1) is 6.61 Å². The fraction of sp³-hybridized carbons (Fsp3) is 0.520. The highest BCUT2D eigenvalue weighted by Crippen LogP contribution is 2.34. The lowest BCUT2D eigenvalue weighted by Crippen LogP contribution is -2.55. The number of aliphatic hydroxyl groups excluding tert-OH is 5. The monoisotopic (exact) mass is 493 g/mol. The van der Waals surface area contributed by atoms with Crippen molar-refractivity contribution in [1.82, 2.24) is 5.32 Å². The molecule has 1 heterocycles. The van der Waals surface area contributed by atoms with E-state index in [0.717, 1.165) is 11.1 Å². The molecule has 1 aliphatic heterocycles. The van der Waals surface area contributed by atoms with Crippen LogP contribution in [0.4, 0.5) is 0 Å². The summed E-state index contributed by atoms with van der Waals surface area (Å²) in [6.45, 7) is 0.252. The SMILES string of the molecule is OC[C@H]1O[C@@H](c2ccc(Cl)c(Cc3ccc(OC[C@H](O)CNC4CC4)cc3)c2)[C@H](O)[C@@H](O)[C@@H]1O. The van der Waals surface area contributed by atoms with Gasteiger partial charge in [-0.15, -0.1) is 0 Å². The van der Waals surface area contributed by atoms with E-state index in [-0.39, 0.29) is 6.61 Å². The first-order valence-electron chi connectivity index (χ1n) is 11.6. The first-order chi connectivity index (χ1) is 16.4. The molecule has 2 aromatic rings. The van der Waals surface area contributed by atoms with Crippen LogP contribution in [0.15, 0.2) is 42.5 Å². The van der Waals surface area contributed by atoms with Crippen molar-refractivity contribution in [3.8, 4) is 5.75 Å². The van der Waals surface area contributed by atoms with Crippen LogP contribution >= 0.6 is 11.6 Å². The van der Waals surface area contributed by atoms with Gasteiger partial charge in [0.2, 0.25) is 0 Å². The normalized spacial score (nSPS) is 28.0. The van der Waals surface area contributed by atoms with E-state index < -0.39 is 43.2 Å². The minimum atomic E-state index is -1.44. The van der Waals surface area contributed by atoms with Gasteiger partial charge in [-0.05, 0) is 54.2 Å². The minimum Gasteiger partial charge on any atom is -0.491 e. The molecule has 2 fully saturated rings. The largest absolute Gasteiger partial charge is 0.491 e. The summed E-state index contributed by atoms with van der Waals surface area (Å²) in [7, 11) is 0. The Kier molecular flexibility index (Phi) is 8.44. The Morgan fingerprint density at radius 2 is 1.76 bits per heavy atom. The molecule has 6 N–H and O–H groups in total. The number of benzene rings is 2. The first-order valence-corrected chi connectivity index (χ1v) is 12.0. The molecule has 0 radical (unpaired) electrons. The van der Waals surface area contributed by atoms with Crippen molar-refractivity contribution in [3.05, 3.63) is 64.2 Å². The molecule has 2 aromatic carbocycles. The second-order valence-corrected chi connectivity index (χ2v) is 9.48. The number of hydrogen-bond donors (Lipinski definition) is 6. The third kappa shape index (κ3) is 6.27. The molecule has 1 saturated heterocycles. The van der Waals surface area contributed by atoms with Gasteiger partial charge in [0.25, 0.3) is 0 Å². The zero-order valence-corrected chi connectivity index (χ0v) is 19.5. The predicted octanol–water partition coefficient (Wildman–Crippen LogP) is 0.937. The summed E-state index contributed by atoms with van der Waals surface area (Å²) in [5.74, 6) is 0.662. The highest BCUT2D eigenvalue weighted by atomic mass is 35.5. The topological polar surface area (TPSA) is 132 Å². The van der Waals surface area contributed by atoms with Crippen LogP contribution < -0.4 is 10.1 Å². The molecule has 0 unspecified atom stereocenters. The molecule has 0 amide bonds. The summed E-state index contributed by atoms with van der Waals surface area (Å²) in [5.41, 5.74) is 2.37. The van der Waals surface area contributed by atoms with Crippen molar-refractivity contribution >= 4 is 11.6 Å². The molecule has 0 aromatic heterocycles. The Morgan fingerprint density at radius 1 is 1.03 bits per heavy atom. The van der Waals surface area contributed by atoms with E-state index in [2.05, 4.69) is 5.32 Å². The van der Waals surface area contributed by atoms with Gasteiger partial charge in [0, 0.05) is 17.6 Å². The number of rotatable bonds is 10. The van der Waals surface area contributed by atoms with Crippen LogP contribution in [-0.4, -0.2) is 81.9 Å². The van der Waals surface area contributed by atoms with E-state index in [1.165, 1.54) is 12.8 Å². The van der Waals surface area contributed by atoms with E-state index in [1.807, 2.05) is 24.3 Å². The van der Waals surface area contributed by atoms with Gasteiger partial charge in [-0.2, -0.15) is 0 Å². The van der Waals surface area contributed by atoms with Crippen molar-refractivity contribution in [1.29, 1.82) is 0 Å². The highest BCUT2D eigenvalue weighted by Gasteiger charge is 2.44. The molecule has 1 saturated carbocycles. The third-order valence-corrected chi connectivity index (χ3v) is 6.64. The summed E-state index contributed by atoms with van der Waals surface area (Å²) in [6.07, 6.45) is -3.79. The molecule has 186 valence electrons. The Hall–Kier alpha value is -1.75. The van der Waals surface area contributed by atoms with Gasteiger partial charge in [-0.1, -0.05) is 35.9 Å². The molecular weight excluding hydrogens is 462 g/mol. The van der Waals surface area contributed by atoms with Gasteiger partial charge in [-0.3, -0.25) is 0 Å². The zero-order chi connectivity index (χ0) is 24.2. The average molecular weight is 494 g/mol. The van der Waals surface area contributed by atoms with Gasteiger partial charge in [-0.25, -0.2) is 0 Å². The minimum absolute atomic E-state index is 0.214. The highest BCUT2D eigenvalue weighted by molar-refractivity contribution is 6.31. The molecule has 6 atom stereocenters. The van der Waals surface area contributed by atoms with Crippen LogP contribution in [0, 0.1) is 0 Å². The fourth-order valence-corrected chi connectivity index (χ4v) is 4.23. The number of halogens is 1. The lowest BCUT2D eigenvalue weighted by molar-refractivity contribution is -0.231. The Balaban J connectivity index is 1.38. The van der Waals surface area contributed by atoms with E-state index in [9.17, 15) is 25.5 Å². The Labute approximate surface area is 203 Å². The van der Waals surface area contributed by atoms with Crippen LogP contribution in [0.5, 0.6) is 5.75 Å². The molecule has 4 rings (SSSR count).